The summed E-state index contributed by atoms with van der Waals surface area (Å²) in [5.41, 5.74) is 2.84. The first-order valence-corrected chi connectivity index (χ1v) is 10.0. The smallest absolute Gasteiger partial charge is 0.261 e. The molecule has 1 fully saturated rings. The van der Waals surface area contributed by atoms with Crippen molar-refractivity contribution >= 4 is 5.91 Å². The maximum absolute atomic E-state index is 12.4. The number of carbonyl (C=O) groups excluding carboxylic acids is 1. The Balaban J connectivity index is 1.45. The van der Waals surface area contributed by atoms with Gasteiger partial charge in [0.1, 0.15) is 5.75 Å². The molecule has 1 aromatic carbocycles. The van der Waals surface area contributed by atoms with Crippen molar-refractivity contribution in [2.75, 3.05) is 26.2 Å². The number of rotatable bonds is 8. The number of carbonyl (C=O) groups is 1. The molecular formula is C21H32N2O2. The number of amides is 1. The highest BCUT2D eigenvalue weighted by molar-refractivity contribution is 5.81. The monoisotopic (exact) mass is 344 g/mol. The number of aryl methyl sites for hydroxylation is 2. The molecule has 1 aromatic rings. The molecule has 0 aromatic heterocycles. The van der Waals surface area contributed by atoms with Crippen LogP contribution in [-0.4, -0.2) is 43.1 Å². The predicted molar refractivity (Wildman–Crippen MR) is 101 cm³/mol. The van der Waals surface area contributed by atoms with Crippen LogP contribution in [0.4, 0.5) is 0 Å². The summed E-state index contributed by atoms with van der Waals surface area (Å²) in [5, 5.41) is 3.05. The Morgan fingerprint density at radius 1 is 1.16 bits per heavy atom. The van der Waals surface area contributed by atoms with Crippen LogP contribution in [0.3, 0.4) is 0 Å². The molecule has 1 saturated heterocycles. The Morgan fingerprint density at radius 3 is 2.68 bits per heavy atom. The molecule has 2 aliphatic rings. The standard InChI is InChI=1S/C21H32N2O2/c1-2-20(21(24)22-12-7-15-23-13-5-6-14-23)25-19-11-10-17-8-3-4-9-18(17)16-19/h10-11,16,20H,2-9,12-15H2,1H3,(H,22,24)/t20-/m1/s1. The van der Waals surface area contributed by atoms with Crippen molar-refractivity contribution in [3.63, 3.8) is 0 Å². The molecule has 1 N–H and O–H groups in total. The van der Waals surface area contributed by atoms with Gasteiger partial charge < -0.3 is 15.0 Å². The SMILES string of the molecule is CC[C@@H](Oc1ccc2c(c1)CCCC2)C(=O)NCCCN1CCCC1. The summed E-state index contributed by atoms with van der Waals surface area (Å²) in [5.74, 6) is 0.848. The fourth-order valence-corrected chi connectivity index (χ4v) is 3.90. The lowest BCUT2D eigenvalue weighted by atomic mass is 9.92. The van der Waals surface area contributed by atoms with Gasteiger partial charge in [-0.3, -0.25) is 4.79 Å². The number of hydrogen-bond donors (Lipinski definition) is 1. The summed E-state index contributed by atoms with van der Waals surface area (Å²) in [7, 11) is 0. The molecule has 0 unspecified atom stereocenters. The molecule has 3 rings (SSSR count). The topological polar surface area (TPSA) is 41.6 Å². The molecule has 25 heavy (non-hydrogen) atoms. The average molecular weight is 344 g/mol. The van der Waals surface area contributed by atoms with E-state index < -0.39 is 6.10 Å². The molecule has 138 valence electrons. The zero-order chi connectivity index (χ0) is 17.5. The van der Waals surface area contributed by atoms with Crippen LogP contribution in [0.25, 0.3) is 0 Å². The zero-order valence-corrected chi connectivity index (χ0v) is 15.6. The average Bonchev–Trinajstić information content (AvgIpc) is 3.16. The molecule has 0 spiro atoms. The number of likely N-dealkylation sites (tertiary alicyclic amines) is 1. The Bertz CT molecular complexity index is 567. The van der Waals surface area contributed by atoms with Gasteiger partial charge in [-0.1, -0.05) is 13.0 Å². The van der Waals surface area contributed by atoms with Gasteiger partial charge in [0.15, 0.2) is 6.10 Å². The normalized spacial score (nSPS) is 18.6. The molecule has 1 aliphatic carbocycles. The van der Waals surface area contributed by atoms with Crippen molar-refractivity contribution in [2.24, 2.45) is 0 Å². The van der Waals surface area contributed by atoms with E-state index in [1.165, 1.54) is 56.3 Å². The van der Waals surface area contributed by atoms with Gasteiger partial charge in [0.2, 0.25) is 0 Å². The lowest BCUT2D eigenvalue weighted by Crippen LogP contribution is -2.39. The largest absolute Gasteiger partial charge is 0.481 e. The zero-order valence-electron chi connectivity index (χ0n) is 15.6. The van der Waals surface area contributed by atoms with E-state index in [4.69, 9.17) is 4.74 Å². The quantitative estimate of drug-likeness (QED) is 0.736. The van der Waals surface area contributed by atoms with Crippen molar-refractivity contribution in [1.29, 1.82) is 0 Å². The number of fused-ring (bicyclic) bond motifs is 1. The minimum absolute atomic E-state index is 0.0154. The fourth-order valence-electron chi connectivity index (χ4n) is 3.90. The van der Waals surface area contributed by atoms with Crippen LogP contribution < -0.4 is 10.1 Å². The molecule has 1 heterocycles. The van der Waals surface area contributed by atoms with E-state index >= 15 is 0 Å². The van der Waals surface area contributed by atoms with Crippen LogP contribution in [0.1, 0.15) is 56.6 Å². The summed E-state index contributed by atoms with van der Waals surface area (Å²) in [6.45, 7) is 6.26. The summed E-state index contributed by atoms with van der Waals surface area (Å²) >= 11 is 0. The van der Waals surface area contributed by atoms with Crippen molar-refractivity contribution in [3.05, 3.63) is 29.3 Å². The summed E-state index contributed by atoms with van der Waals surface area (Å²) < 4.78 is 6.00. The summed E-state index contributed by atoms with van der Waals surface area (Å²) in [6, 6.07) is 6.33. The molecule has 1 amide bonds. The van der Waals surface area contributed by atoms with E-state index in [2.05, 4.69) is 22.3 Å². The minimum Gasteiger partial charge on any atom is -0.481 e. The van der Waals surface area contributed by atoms with Gasteiger partial charge in [0.25, 0.3) is 5.91 Å². The van der Waals surface area contributed by atoms with Crippen LogP contribution in [-0.2, 0) is 17.6 Å². The van der Waals surface area contributed by atoms with Gasteiger partial charge in [-0.15, -0.1) is 0 Å². The van der Waals surface area contributed by atoms with Crippen LogP contribution in [0.2, 0.25) is 0 Å². The van der Waals surface area contributed by atoms with Crippen LogP contribution >= 0.6 is 0 Å². The number of hydrogen-bond acceptors (Lipinski definition) is 3. The van der Waals surface area contributed by atoms with Gasteiger partial charge >= 0.3 is 0 Å². The van der Waals surface area contributed by atoms with Gasteiger partial charge in [0.05, 0.1) is 0 Å². The minimum atomic E-state index is -0.395. The number of ether oxygens (including phenoxy) is 1. The van der Waals surface area contributed by atoms with Gasteiger partial charge in [-0.25, -0.2) is 0 Å². The third-order valence-corrected chi connectivity index (χ3v) is 5.41. The molecular weight excluding hydrogens is 312 g/mol. The van der Waals surface area contributed by atoms with Crippen molar-refractivity contribution in [3.8, 4) is 5.75 Å². The van der Waals surface area contributed by atoms with Gasteiger partial charge in [-0.2, -0.15) is 0 Å². The predicted octanol–water partition coefficient (Wildman–Crippen LogP) is 3.32. The number of benzene rings is 1. The first-order chi connectivity index (χ1) is 12.3. The molecule has 0 saturated carbocycles. The second-order valence-electron chi connectivity index (χ2n) is 7.35. The molecule has 4 nitrogen and oxygen atoms in total. The first-order valence-electron chi connectivity index (χ1n) is 10.0. The molecule has 0 bridgehead atoms. The van der Waals surface area contributed by atoms with Crippen molar-refractivity contribution in [2.45, 2.75) is 64.4 Å². The van der Waals surface area contributed by atoms with Crippen LogP contribution in [0.5, 0.6) is 5.75 Å². The van der Waals surface area contributed by atoms with E-state index in [0.717, 1.165) is 31.7 Å². The van der Waals surface area contributed by atoms with E-state index in [1.807, 2.05) is 13.0 Å². The number of nitrogens with one attached hydrogen (secondary N) is 1. The Kier molecular flexibility index (Phi) is 6.74. The Hall–Kier alpha value is -1.55. The van der Waals surface area contributed by atoms with E-state index in [9.17, 15) is 4.79 Å². The maximum Gasteiger partial charge on any atom is 0.261 e. The van der Waals surface area contributed by atoms with Crippen molar-refractivity contribution < 1.29 is 9.53 Å². The van der Waals surface area contributed by atoms with E-state index in [-0.39, 0.29) is 5.91 Å². The summed E-state index contributed by atoms with van der Waals surface area (Å²) in [4.78, 5) is 14.9. The first kappa shape index (κ1) is 18.2. The Morgan fingerprint density at radius 2 is 1.92 bits per heavy atom. The third-order valence-electron chi connectivity index (χ3n) is 5.41. The second-order valence-corrected chi connectivity index (χ2v) is 7.35. The van der Waals surface area contributed by atoms with Gasteiger partial charge in [-0.05, 0) is 94.3 Å². The fraction of sp³-hybridized carbons (Fsp3) is 0.667. The molecule has 1 aliphatic heterocycles. The molecule has 0 radical (unpaired) electrons. The molecule has 1 atom stereocenters. The maximum atomic E-state index is 12.4. The highest BCUT2D eigenvalue weighted by atomic mass is 16.5. The highest BCUT2D eigenvalue weighted by Gasteiger charge is 2.19. The second kappa shape index (κ2) is 9.23. The van der Waals surface area contributed by atoms with E-state index in [0.29, 0.717) is 6.42 Å². The number of nitrogens with zero attached hydrogens (tertiary/aromatic N) is 1. The van der Waals surface area contributed by atoms with Crippen molar-refractivity contribution in [1.82, 2.24) is 10.2 Å². The third kappa shape index (κ3) is 5.21. The van der Waals surface area contributed by atoms with E-state index in [1.54, 1.807) is 0 Å². The molecule has 4 heteroatoms. The summed E-state index contributed by atoms with van der Waals surface area (Å²) in [6.07, 6.45) is 8.79. The highest BCUT2D eigenvalue weighted by Crippen LogP contribution is 2.26. The van der Waals surface area contributed by atoms with Gasteiger partial charge in [0, 0.05) is 6.54 Å². The lowest BCUT2D eigenvalue weighted by Gasteiger charge is -2.21. The lowest BCUT2D eigenvalue weighted by molar-refractivity contribution is -0.128. The van der Waals surface area contributed by atoms with Crippen LogP contribution in [0.15, 0.2) is 18.2 Å². The Labute approximate surface area is 151 Å². The van der Waals surface area contributed by atoms with Crippen LogP contribution in [0, 0.1) is 0 Å².